The zero-order chi connectivity index (χ0) is 16.1. The molecular formula is C15H31N3O3. The molecule has 0 aliphatic heterocycles. The third-order valence-corrected chi connectivity index (χ3v) is 3.10. The summed E-state index contributed by atoms with van der Waals surface area (Å²) in [5, 5.41) is 5.43. The maximum absolute atomic E-state index is 11.6. The number of amides is 2. The molecule has 6 nitrogen and oxygen atoms in total. The van der Waals surface area contributed by atoms with E-state index in [-0.39, 0.29) is 18.4 Å². The van der Waals surface area contributed by atoms with E-state index in [1.165, 1.54) is 0 Å². The number of nitrogens with zero attached hydrogens (tertiary/aromatic N) is 1. The van der Waals surface area contributed by atoms with E-state index in [4.69, 9.17) is 4.74 Å². The second-order valence-electron chi connectivity index (χ2n) is 5.71. The lowest BCUT2D eigenvalue weighted by Crippen LogP contribution is -2.40. The Morgan fingerprint density at radius 1 is 1.14 bits per heavy atom. The highest BCUT2D eigenvalue weighted by Gasteiger charge is 2.06. The predicted molar refractivity (Wildman–Crippen MR) is 84.1 cm³/mol. The Balaban J connectivity index is 3.55. The molecule has 0 spiro atoms. The van der Waals surface area contributed by atoms with Crippen molar-refractivity contribution in [3.63, 3.8) is 0 Å². The Labute approximate surface area is 128 Å². The lowest BCUT2D eigenvalue weighted by atomic mass is 10.1. The van der Waals surface area contributed by atoms with Crippen LogP contribution in [0, 0.1) is 5.92 Å². The molecule has 0 aromatic heterocycles. The van der Waals surface area contributed by atoms with Crippen molar-refractivity contribution in [2.45, 2.75) is 33.1 Å². The number of hydrogen-bond acceptors (Lipinski definition) is 4. The van der Waals surface area contributed by atoms with Crippen LogP contribution in [-0.2, 0) is 14.3 Å². The molecule has 0 saturated carbocycles. The minimum atomic E-state index is -0.141. The number of nitrogens with one attached hydrogen (secondary N) is 2. The molecule has 0 fully saturated rings. The second-order valence-corrected chi connectivity index (χ2v) is 5.71. The van der Waals surface area contributed by atoms with Gasteiger partial charge in [-0.05, 0) is 25.8 Å². The summed E-state index contributed by atoms with van der Waals surface area (Å²) in [4.78, 5) is 25.2. The van der Waals surface area contributed by atoms with Crippen molar-refractivity contribution < 1.29 is 14.3 Å². The highest BCUT2D eigenvalue weighted by molar-refractivity contribution is 5.84. The maximum atomic E-state index is 11.6. The number of hydrogen-bond donors (Lipinski definition) is 2. The van der Waals surface area contributed by atoms with Gasteiger partial charge in [-0.1, -0.05) is 13.8 Å². The molecule has 0 saturated heterocycles. The fourth-order valence-electron chi connectivity index (χ4n) is 1.73. The Morgan fingerprint density at radius 3 is 2.48 bits per heavy atom. The highest BCUT2D eigenvalue weighted by atomic mass is 16.5. The van der Waals surface area contributed by atoms with Crippen LogP contribution in [-0.4, -0.2) is 63.7 Å². The zero-order valence-corrected chi connectivity index (χ0v) is 13.9. The van der Waals surface area contributed by atoms with Gasteiger partial charge in [0.25, 0.3) is 0 Å². The standard InChI is InChI=1S/C15H31N3O3/c1-13(2)6-7-14(19)17-12-15(20)16-8-10-18(3)9-5-11-21-4/h13H,5-12H2,1-4H3,(H,16,20)(H,17,19). The van der Waals surface area contributed by atoms with Crippen molar-refractivity contribution in [3.8, 4) is 0 Å². The van der Waals surface area contributed by atoms with E-state index in [0.717, 1.165) is 32.5 Å². The molecule has 2 amide bonds. The third kappa shape index (κ3) is 13.6. The summed E-state index contributed by atoms with van der Waals surface area (Å²) in [6.07, 6.45) is 2.31. The van der Waals surface area contributed by atoms with Crippen LogP contribution in [0.15, 0.2) is 0 Å². The van der Waals surface area contributed by atoms with Gasteiger partial charge >= 0.3 is 0 Å². The minimum Gasteiger partial charge on any atom is -0.385 e. The molecule has 0 heterocycles. The molecule has 2 N–H and O–H groups in total. The molecule has 0 aromatic carbocycles. The normalized spacial score (nSPS) is 11.0. The van der Waals surface area contributed by atoms with Gasteiger partial charge in [-0.15, -0.1) is 0 Å². The Morgan fingerprint density at radius 2 is 1.86 bits per heavy atom. The molecule has 0 rings (SSSR count). The monoisotopic (exact) mass is 301 g/mol. The van der Waals surface area contributed by atoms with Crippen molar-refractivity contribution in [1.29, 1.82) is 0 Å². The van der Waals surface area contributed by atoms with Gasteiger partial charge in [-0.25, -0.2) is 0 Å². The van der Waals surface area contributed by atoms with Gasteiger partial charge < -0.3 is 20.3 Å². The van der Waals surface area contributed by atoms with Gasteiger partial charge in [0.1, 0.15) is 0 Å². The summed E-state index contributed by atoms with van der Waals surface area (Å²) in [5.74, 6) is 0.298. The molecule has 0 bridgehead atoms. The SMILES string of the molecule is COCCCN(C)CCNC(=O)CNC(=O)CCC(C)C. The van der Waals surface area contributed by atoms with Crippen LogP contribution >= 0.6 is 0 Å². The lowest BCUT2D eigenvalue weighted by molar-refractivity contribution is -0.126. The van der Waals surface area contributed by atoms with Crippen LogP contribution < -0.4 is 10.6 Å². The summed E-state index contributed by atoms with van der Waals surface area (Å²) >= 11 is 0. The van der Waals surface area contributed by atoms with Gasteiger partial charge in [-0.2, -0.15) is 0 Å². The Bertz CT molecular complexity index is 296. The molecule has 124 valence electrons. The van der Waals surface area contributed by atoms with Gasteiger partial charge in [0.05, 0.1) is 6.54 Å². The fourth-order valence-corrected chi connectivity index (χ4v) is 1.73. The maximum Gasteiger partial charge on any atom is 0.239 e. The van der Waals surface area contributed by atoms with E-state index in [2.05, 4.69) is 29.4 Å². The van der Waals surface area contributed by atoms with Crippen molar-refractivity contribution in [1.82, 2.24) is 15.5 Å². The van der Waals surface area contributed by atoms with Crippen LogP contribution in [0.2, 0.25) is 0 Å². The fraction of sp³-hybridized carbons (Fsp3) is 0.867. The van der Waals surface area contributed by atoms with E-state index in [0.29, 0.717) is 18.9 Å². The van der Waals surface area contributed by atoms with E-state index >= 15 is 0 Å². The summed E-state index contributed by atoms with van der Waals surface area (Å²) in [6.45, 7) is 7.27. The van der Waals surface area contributed by atoms with Crippen LogP contribution in [0.3, 0.4) is 0 Å². The van der Waals surface area contributed by atoms with E-state index < -0.39 is 0 Å². The first kappa shape index (κ1) is 19.9. The van der Waals surface area contributed by atoms with Crippen LogP contribution in [0.5, 0.6) is 0 Å². The first-order chi connectivity index (χ1) is 9.95. The molecule has 21 heavy (non-hydrogen) atoms. The van der Waals surface area contributed by atoms with Crippen molar-refractivity contribution >= 4 is 11.8 Å². The largest absolute Gasteiger partial charge is 0.385 e. The first-order valence-electron chi connectivity index (χ1n) is 7.66. The number of carbonyl (C=O) groups excluding carboxylic acids is 2. The van der Waals surface area contributed by atoms with Gasteiger partial charge in [-0.3, -0.25) is 9.59 Å². The number of methoxy groups -OCH3 is 1. The molecule has 6 heteroatoms. The number of carbonyl (C=O) groups is 2. The van der Waals surface area contributed by atoms with Crippen molar-refractivity contribution in [2.75, 3.05) is 46.9 Å². The van der Waals surface area contributed by atoms with Crippen LogP contribution in [0.4, 0.5) is 0 Å². The summed E-state index contributed by atoms with van der Waals surface area (Å²) in [5.41, 5.74) is 0. The topological polar surface area (TPSA) is 70.7 Å². The molecular weight excluding hydrogens is 270 g/mol. The van der Waals surface area contributed by atoms with Gasteiger partial charge in [0.15, 0.2) is 0 Å². The Hall–Kier alpha value is -1.14. The van der Waals surface area contributed by atoms with Gasteiger partial charge in [0.2, 0.25) is 11.8 Å². The molecule has 0 aliphatic rings. The lowest BCUT2D eigenvalue weighted by Gasteiger charge is -2.16. The average Bonchev–Trinajstić information content (AvgIpc) is 2.43. The minimum absolute atomic E-state index is 0.0597. The molecule has 0 aromatic rings. The average molecular weight is 301 g/mol. The second kappa shape index (κ2) is 12.6. The zero-order valence-electron chi connectivity index (χ0n) is 13.9. The molecule has 0 unspecified atom stereocenters. The molecule has 0 atom stereocenters. The molecule has 0 aliphatic carbocycles. The summed E-state index contributed by atoms with van der Waals surface area (Å²) < 4.78 is 4.99. The van der Waals surface area contributed by atoms with E-state index in [1.807, 2.05) is 7.05 Å². The van der Waals surface area contributed by atoms with Crippen LogP contribution in [0.1, 0.15) is 33.1 Å². The van der Waals surface area contributed by atoms with E-state index in [9.17, 15) is 9.59 Å². The van der Waals surface area contributed by atoms with Crippen molar-refractivity contribution in [3.05, 3.63) is 0 Å². The van der Waals surface area contributed by atoms with Crippen LogP contribution in [0.25, 0.3) is 0 Å². The molecule has 0 radical (unpaired) electrons. The Kier molecular flexibility index (Phi) is 11.9. The first-order valence-corrected chi connectivity index (χ1v) is 7.66. The summed E-state index contributed by atoms with van der Waals surface area (Å²) in [7, 11) is 3.70. The highest BCUT2D eigenvalue weighted by Crippen LogP contribution is 2.02. The smallest absolute Gasteiger partial charge is 0.239 e. The van der Waals surface area contributed by atoms with Crippen molar-refractivity contribution in [2.24, 2.45) is 5.92 Å². The number of likely N-dealkylation sites (N-methyl/N-ethyl adjacent to an activating group) is 1. The van der Waals surface area contributed by atoms with E-state index in [1.54, 1.807) is 7.11 Å². The summed E-state index contributed by atoms with van der Waals surface area (Å²) in [6, 6.07) is 0. The third-order valence-electron chi connectivity index (χ3n) is 3.10. The quantitative estimate of drug-likeness (QED) is 0.519. The number of rotatable bonds is 12. The predicted octanol–water partition coefficient (Wildman–Crippen LogP) is 0.623. The van der Waals surface area contributed by atoms with Gasteiger partial charge in [0, 0.05) is 39.8 Å². The number of ether oxygens (including phenoxy) is 1.